The van der Waals surface area contributed by atoms with Gasteiger partial charge in [0, 0.05) is 0 Å². The molecule has 1 rings (SSSR count). The van der Waals surface area contributed by atoms with Crippen LogP contribution >= 0.6 is 0 Å². The maximum atomic E-state index is 9.01. The fourth-order valence-electron chi connectivity index (χ4n) is 1.31. The van der Waals surface area contributed by atoms with Crippen LogP contribution in [-0.2, 0) is 0 Å². The van der Waals surface area contributed by atoms with E-state index in [2.05, 4.69) is 0 Å². The van der Waals surface area contributed by atoms with Crippen LogP contribution in [0, 0.1) is 13.8 Å². The SMILES string of the molecule is C.COc1cc(C)c(B(O)O)cc1C. The Bertz CT molecular complexity index is 310. The number of hydrogen-bond acceptors (Lipinski definition) is 3. The Morgan fingerprint density at radius 2 is 1.71 bits per heavy atom. The number of ether oxygens (including phenoxy) is 1. The van der Waals surface area contributed by atoms with Crippen LogP contribution in [0.2, 0.25) is 0 Å². The molecule has 14 heavy (non-hydrogen) atoms. The molecule has 0 saturated heterocycles. The summed E-state index contributed by atoms with van der Waals surface area (Å²) in [5.41, 5.74) is 2.24. The molecule has 0 aliphatic heterocycles. The molecule has 0 spiro atoms. The van der Waals surface area contributed by atoms with E-state index in [9.17, 15) is 0 Å². The molecular weight excluding hydrogens is 179 g/mol. The number of benzene rings is 1. The average Bonchev–Trinajstić information content (AvgIpc) is 2.07. The van der Waals surface area contributed by atoms with Crippen LogP contribution in [0.4, 0.5) is 0 Å². The molecule has 0 saturated carbocycles. The molecule has 0 radical (unpaired) electrons. The van der Waals surface area contributed by atoms with E-state index < -0.39 is 7.12 Å². The molecule has 0 heterocycles. The summed E-state index contributed by atoms with van der Waals surface area (Å²) < 4.78 is 5.10. The van der Waals surface area contributed by atoms with Gasteiger partial charge in [-0.15, -0.1) is 0 Å². The van der Waals surface area contributed by atoms with E-state index in [1.807, 2.05) is 13.8 Å². The summed E-state index contributed by atoms with van der Waals surface area (Å²) in [6.07, 6.45) is 0. The van der Waals surface area contributed by atoms with Crippen molar-refractivity contribution in [1.29, 1.82) is 0 Å². The van der Waals surface area contributed by atoms with E-state index in [1.165, 1.54) is 0 Å². The second-order valence-corrected chi connectivity index (χ2v) is 3.05. The summed E-state index contributed by atoms with van der Waals surface area (Å²) in [5, 5.41) is 18.0. The quantitative estimate of drug-likeness (QED) is 0.682. The second-order valence-electron chi connectivity index (χ2n) is 3.05. The molecular formula is C10H17BO3. The van der Waals surface area contributed by atoms with Crippen molar-refractivity contribution in [3.05, 3.63) is 23.3 Å². The smallest absolute Gasteiger partial charge is 0.488 e. The van der Waals surface area contributed by atoms with Gasteiger partial charge in [-0.3, -0.25) is 0 Å². The Kier molecular flexibility index (Phi) is 4.67. The van der Waals surface area contributed by atoms with Gasteiger partial charge in [0.05, 0.1) is 7.11 Å². The van der Waals surface area contributed by atoms with Crippen molar-refractivity contribution in [2.75, 3.05) is 7.11 Å². The van der Waals surface area contributed by atoms with Crippen molar-refractivity contribution < 1.29 is 14.8 Å². The Labute approximate surface area is 85.5 Å². The van der Waals surface area contributed by atoms with Gasteiger partial charge in [0.15, 0.2) is 0 Å². The average molecular weight is 196 g/mol. The van der Waals surface area contributed by atoms with Gasteiger partial charge in [-0.1, -0.05) is 13.5 Å². The largest absolute Gasteiger partial charge is 0.496 e. The molecule has 0 unspecified atom stereocenters. The summed E-state index contributed by atoms with van der Waals surface area (Å²) in [7, 11) is 0.182. The topological polar surface area (TPSA) is 49.7 Å². The lowest BCUT2D eigenvalue weighted by Crippen LogP contribution is -2.32. The molecule has 0 atom stereocenters. The summed E-state index contributed by atoms with van der Waals surface area (Å²) in [4.78, 5) is 0. The predicted molar refractivity (Wildman–Crippen MR) is 59.0 cm³/mol. The van der Waals surface area contributed by atoms with Gasteiger partial charge in [-0.25, -0.2) is 0 Å². The molecule has 0 amide bonds. The lowest BCUT2D eigenvalue weighted by molar-refractivity contribution is 0.410. The van der Waals surface area contributed by atoms with Crippen molar-refractivity contribution in [3.63, 3.8) is 0 Å². The Hall–Kier alpha value is -0.995. The van der Waals surface area contributed by atoms with E-state index in [0.717, 1.165) is 16.9 Å². The van der Waals surface area contributed by atoms with E-state index in [0.29, 0.717) is 5.46 Å². The molecule has 1 aromatic carbocycles. The van der Waals surface area contributed by atoms with Crippen molar-refractivity contribution in [1.82, 2.24) is 0 Å². The number of hydrogen-bond donors (Lipinski definition) is 2. The van der Waals surface area contributed by atoms with Crippen molar-refractivity contribution in [2.24, 2.45) is 0 Å². The summed E-state index contributed by atoms with van der Waals surface area (Å²) in [5.74, 6) is 0.766. The number of methoxy groups -OCH3 is 1. The maximum absolute atomic E-state index is 9.01. The molecule has 78 valence electrons. The molecule has 0 aliphatic rings. The van der Waals surface area contributed by atoms with E-state index >= 15 is 0 Å². The lowest BCUT2D eigenvalue weighted by Gasteiger charge is -2.10. The van der Waals surface area contributed by atoms with Gasteiger partial charge in [-0.2, -0.15) is 0 Å². The molecule has 0 aliphatic carbocycles. The molecule has 3 nitrogen and oxygen atoms in total. The van der Waals surface area contributed by atoms with E-state index in [-0.39, 0.29) is 7.43 Å². The highest BCUT2D eigenvalue weighted by Crippen LogP contribution is 2.17. The van der Waals surface area contributed by atoms with Crippen LogP contribution in [0.3, 0.4) is 0 Å². The van der Waals surface area contributed by atoms with Gasteiger partial charge >= 0.3 is 7.12 Å². The minimum absolute atomic E-state index is 0. The zero-order valence-corrected chi connectivity index (χ0v) is 8.03. The second kappa shape index (κ2) is 5.03. The molecule has 0 bridgehead atoms. The van der Waals surface area contributed by atoms with E-state index in [1.54, 1.807) is 19.2 Å². The third-order valence-corrected chi connectivity index (χ3v) is 2.06. The Morgan fingerprint density at radius 1 is 1.14 bits per heavy atom. The predicted octanol–water partition coefficient (Wildman–Crippen LogP) is 0.628. The van der Waals surface area contributed by atoms with Crippen LogP contribution < -0.4 is 10.2 Å². The van der Waals surface area contributed by atoms with Crippen molar-refractivity contribution in [2.45, 2.75) is 21.3 Å². The van der Waals surface area contributed by atoms with Gasteiger partial charge in [0.25, 0.3) is 0 Å². The van der Waals surface area contributed by atoms with Crippen LogP contribution in [0.15, 0.2) is 12.1 Å². The molecule has 1 aromatic rings. The van der Waals surface area contributed by atoms with Gasteiger partial charge in [0.2, 0.25) is 0 Å². The fourth-order valence-corrected chi connectivity index (χ4v) is 1.31. The first-order chi connectivity index (χ1) is 6.06. The molecule has 4 heteroatoms. The summed E-state index contributed by atoms with van der Waals surface area (Å²) in [6, 6.07) is 3.52. The minimum Gasteiger partial charge on any atom is -0.496 e. The van der Waals surface area contributed by atoms with Crippen LogP contribution in [-0.4, -0.2) is 24.3 Å². The van der Waals surface area contributed by atoms with Crippen LogP contribution in [0.25, 0.3) is 0 Å². The fraction of sp³-hybridized carbons (Fsp3) is 0.400. The van der Waals surface area contributed by atoms with Gasteiger partial charge < -0.3 is 14.8 Å². The molecule has 0 fully saturated rings. The van der Waals surface area contributed by atoms with Gasteiger partial charge in [0.1, 0.15) is 5.75 Å². The zero-order valence-electron chi connectivity index (χ0n) is 8.03. The normalized spacial score (nSPS) is 9.21. The monoisotopic (exact) mass is 196 g/mol. The highest BCUT2D eigenvalue weighted by Gasteiger charge is 2.15. The maximum Gasteiger partial charge on any atom is 0.488 e. The highest BCUT2D eigenvalue weighted by molar-refractivity contribution is 6.59. The summed E-state index contributed by atoms with van der Waals surface area (Å²) in [6.45, 7) is 3.68. The van der Waals surface area contributed by atoms with Crippen molar-refractivity contribution in [3.8, 4) is 5.75 Å². The molecule has 0 aromatic heterocycles. The lowest BCUT2D eigenvalue weighted by atomic mass is 9.76. The third kappa shape index (κ3) is 2.50. The number of aryl methyl sites for hydroxylation is 2. The highest BCUT2D eigenvalue weighted by atomic mass is 16.5. The first-order valence-electron chi connectivity index (χ1n) is 4.07. The van der Waals surface area contributed by atoms with E-state index in [4.69, 9.17) is 14.8 Å². The third-order valence-electron chi connectivity index (χ3n) is 2.06. The molecule has 2 N–H and O–H groups in total. The summed E-state index contributed by atoms with van der Waals surface area (Å²) >= 11 is 0. The number of rotatable bonds is 2. The van der Waals surface area contributed by atoms with Crippen LogP contribution in [0.1, 0.15) is 18.6 Å². The zero-order chi connectivity index (χ0) is 10.0. The van der Waals surface area contributed by atoms with Crippen molar-refractivity contribution >= 4 is 12.6 Å². The minimum atomic E-state index is -1.41. The Morgan fingerprint density at radius 3 is 2.14 bits per heavy atom. The van der Waals surface area contributed by atoms with Crippen LogP contribution in [0.5, 0.6) is 5.75 Å². The van der Waals surface area contributed by atoms with Gasteiger partial charge in [-0.05, 0) is 36.5 Å². The Balaban J connectivity index is 0.00000169. The standard InChI is InChI=1S/C9H13BO3.CH4/c1-6-5-9(13-3)7(2)4-8(6)10(11)12;/h4-5,11-12H,1-3H3;1H4. The first-order valence-corrected chi connectivity index (χ1v) is 4.07. The first kappa shape index (κ1) is 13.0.